The van der Waals surface area contributed by atoms with Gasteiger partial charge in [-0.05, 0) is 46.9 Å². The molecule has 0 saturated carbocycles. The Morgan fingerprint density at radius 3 is 2.89 bits per heavy atom. The first kappa shape index (κ1) is 11.4. The number of aromatic amines is 1. The minimum atomic E-state index is -0.0817. The van der Waals surface area contributed by atoms with E-state index in [9.17, 15) is 4.79 Å². The molecule has 0 spiro atoms. The molecular weight excluding hydrogens is 339 g/mol. The van der Waals surface area contributed by atoms with Gasteiger partial charge in [-0.3, -0.25) is 9.78 Å². The van der Waals surface area contributed by atoms with Gasteiger partial charge in [0.05, 0.1) is 11.1 Å². The zero-order valence-corrected chi connectivity index (χ0v) is 11.5. The van der Waals surface area contributed by atoms with Gasteiger partial charge in [-0.1, -0.05) is 12.1 Å². The van der Waals surface area contributed by atoms with Crippen LogP contribution in [-0.4, -0.2) is 9.97 Å². The number of hydrogen-bond donors (Lipinski definition) is 1. The van der Waals surface area contributed by atoms with Gasteiger partial charge in [-0.25, -0.2) is 0 Å². The van der Waals surface area contributed by atoms with Gasteiger partial charge in [0.1, 0.15) is 0 Å². The van der Waals surface area contributed by atoms with Crippen molar-refractivity contribution in [2.75, 3.05) is 0 Å². The molecule has 0 aliphatic heterocycles. The first-order valence-electron chi connectivity index (χ1n) is 5.47. The molecule has 88 valence electrons. The number of nitrogens with zero attached hydrogens (tertiary/aromatic N) is 1. The maximum atomic E-state index is 11.7. The van der Waals surface area contributed by atoms with Gasteiger partial charge >= 0.3 is 0 Å². The van der Waals surface area contributed by atoms with E-state index in [4.69, 9.17) is 0 Å². The summed E-state index contributed by atoms with van der Waals surface area (Å²) in [4.78, 5) is 18.8. The molecule has 1 aromatic carbocycles. The van der Waals surface area contributed by atoms with E-state index in [-0.39, 0.29) is 5.56 Å². The van der Waals surface area contributed by atoms with Crippen molar-refractivity contribution in [3.8, 4) is 11.3 Å². The van der Waals surface area contributed by atoms with Crippen molar-refractivity contribution in [2.24, 2.45) is 0 Å². The number of halogens is 1. The third-order valence-electron chi connectivity index (χ3n) is 2.78. The molecule has 0 radical (unpaired) electrons. The number of hydrogen-bond acceptors (Lipinski definition) is 2. The predicted molar refractivity (Wildman–Crippen MR) is 80.5 cm³/mol. The lowest BCUT2D eigenvalue weighted by Gasteiger charge is -2.03. The third kappa shape index (κ3) is 2.03. The fraction of sp³-hybridized carbons (Fsp3) is 0. The molecule has 0 fully saturated rings. The molecule has 18 heavy (non-hydrogen) atoms. The van der Waals surface area contributed by atoms with E-state index in [1.54, 1.807) is 12.4 Å². The predicted octanol–water partition coefficient (Wildman–Crippen LogP) is 3.19. The Morgan fingerprint density at radius 2 is 2.06 bits per heavy atom. The quantitative estimate of drug-likeness (QED) is 0.687. The second-order valence-corrected chi connectivity index (χ2v) is 5.22. The van der Waals surface area contributed by atoms with E-state index >= 15 is 0 Å². The van der Waals surface area contributed by atoms with E-state index in [1.165, 1.54) is 0 Å². The maximum Gasteiger partial charge on any atom is 0.255 e. The van der Waals surface area contributed by atoms with Crippen molar-refractivity contribution in [1.82, 2.24) is 9.97 Å². The number of nitrogens with one attached hydrogen (secondary N) is 1. The van der Waals surface area contributed by atoms with Crippen molar-refractivity contribution < 1.29 is 0 Å². The monoisotopic (exact) mass is 348 g/mol. The Hall–Kier alpha value is -1.69. The van der Waals surface area contributed by atoms with Crippen molar-refractivity contribution in [1.29, 1.82) is 0 Å². The van der Waals surface area contributed by atoms with Crippen LogP contribution < -0.4 is 5.56 Å². The number of fused-ring (bicyclic) bond motifs is 1. The molecule has 0 amide bonds. The van der Waals surface area contributed by atoms with Gasteiger partial charge in [0.2, 0.25) is 0 Å². The highest BCUT2D eigenvalue weighted by atomic mass is 127. The van der Waals surface area contributed by atoms with Gasteiger partial charge in [-0.15, -0.1) is 0 Å². The molecule has 0 aliphatic rings. The van der Waals surface area contributed by atoms with Crippen molar-refractivity contribution in [2.45, 2.75) is 0 Å². The molecule has 3 aromatic rings. The third-order valence-corrected chi connectivity index (χ3v) is 3.45. The minimum Gasteiger partial charge on any atom is -0.329 e. The van der Waals surface area contributed by atoms with Crippen LogP contribution in [0.1, 0.15) is 0 Å². The average molecular weight is 348 g/mol. The molecular formula is C14H9IN2O. The van der Waals surface area contributed by atoms with Crippen LogP contribution in [0.5, 0.6) is 0 Å². The van der Waals surface area contributed by atoms with Crippen molar-refractivity contribution >= 4 is 33.4 Å². The van der Waals surface area contributed by atoms with Crippen LogP contribution in [0.2, 0.25) is 0 Å². The smallest absolute Gasteiger partial charge is 0.255 e. The van der Waals surface area contributed by atoms with Crippen LogP contribution in [0.3, 0.4) is 0 Å². The van der Waals surface area contributed by atoms with Gasteiger partial charge in [0.15, 0.2) is 0 Å². The fourth-order valence-electron chi connectivity index (χ4n) is 1.89. The lowest BCUT2D eigenvalue weighted by Crippen LogP contribution is -2.04. The first-order valence-corrected chi connectivity index (χ1v) is 6.55. The number of aromatic nitrogens is 2. The second-order valence-electron chi connectivity index (χ2n) is 3.97. The highest BCUT2D eigenvalue weighted by Crippen LogP contribution is 2.21. The molecule has 0 aliphatic carbocycles. The molecule has 1 N–H and O–H groups in total. The second kappa shape index (κ2) is 4.53. The summed E-state index contributed by atoms with van der Waals surface area (Å²) in [5.74, 6) is 0. The van der Waals surface area contributed by atoms with Crippen LogP contribution in [0.25, 0.3) is 22.0 Å². The molecule has 3 nitrogen and oxygen atoms in total. The van der Waals surface area contributed by atoms with E-state index in [2.05, 4.69) is 32.6 Å². The summed E-state index contributed by atoms with van der Waals surface area (Å²) in [6.45, 7) is 0. The van der Waals surface area contributed by atoms with E-state index in [0.29, 0.717) is 5.39 Å². The highest BCUT2D eigenvalue weighted by Gasteiger charge is 2.03. The summed E-state index contributed by atoms with van der Waals surface area (Å²) in [6, 6.07) is 11.7. The number of rotatable bonds is 1. The van der Waals surface area contributed by atoms with Crippen molar-refractivity contribution in [3.05, 3.63) is 62.7 Å². The highest BCUT2D eigenvalue weighted by molar-refractivity contribution is 14.1. The topological polar surface area (TPSA) is 45.8 Å². The summed E-state index contributed by atoms with van der Waals surface area (Å²) >= 11 is 2.26. The van der Waals surface area contributed by atoms with Crippen LogP contribution in [0.4, 0.5) is 0 Å². The molecule has 2 aromatic heterocycles. The largest absolute Gasteiger partial charge is 0.329 e. The molecule has 0 atom stereocenters. The molecule has 0 bridgehead atoms. The molecule has 4 heteroatoms. The van der Waals surface area contributed by atoms with Gasteiger partial charge < -0.3 is 4.98 Å². The van der Waals surface area contributed by atoms with Crippen LogP contribution in [0, 0.1) is 3.57 Å². The van der Waals surface area contributed by atoms with Crippen LogP contribution >= 0.6 is 22.6 Å². The normalized spacial score (nSPS) is 10.7. The Morgan fingerprint density at radius 1 is 1.17 bits per heavy atom. The Balaban J connectivity index is 2.25. The van der Waals surface area contributed by atoms with Gasteiger partial charge in [0.25, 0.3) is 5.56 Å². The lowest BCUT2D eigenvalue weighted by atomic mass is 10.1. The zero-order chi connectivity index (χ0) is 12.5. The lowest BCUT2D eigenvalue weighted by molar-refractivity contribution is 1.26. The Labute approximate surface area is 117 Å². The van der Waals surface area contributed by atoms with Crippen LogP contribution in [0.15, 0.2) is 53.6 Å². The Bertz CT molecular complexity index is 780. The molecule has 0 saturated heterocycles. The SMILES string of the molecule is O=c1[nH]ccc2cnc(-c3cccc(I)c3)cc12. The van der Waals surface area contributed by atoms with Gasteiger partial charge in [-0.2, -0.15) is 0 Å². The minimum absolute atomic E-state index is 0.0817. The standard InChI is InChI=1S/C14H9IN2O/c15-11-3-1-2-9(6-11)13-7-12-10(8-17-13)4-5-16-14(12)18/h1-8H,(H,16,18). The summed E-state index contributed by atoms with van der Waals surface area (Å²) < 4.78 is 1.15. The van der Waals surface area contributed by atoms with E-state index in [1.807, 2.05) is 36.4 Å². The number of H-pyrrole nitrogens is 1. The summed E-state index contributed by atoms with van der Waals surface area (Å²) in [6.07, 6.45) is 3.37. The number of pyridine rings is 2. The van der Waals surface area contributed by atoms with Gasteiger partial charge in [0, 0.05) is 26.9 Å². The van der Waals surface area contributed by atoms with Crippen LogP contribution in [-0.2, 0) is 0 Å². The van der Waals surface area contributed by atoms with E-state index < -0.39 is 0 Å². The van der Waals surface area contributed by atoms with E-state index in [0.717, 1.165) is 20.2 Å². The first-order chi connectivity index (χ1) is 8.74. The summed E-state index contributed by atoms with van der Waals surface area (Å²) in [5, 5.41) is 1.52. The molecule has 2 heterocycles. The summed E-state index contributed by atoms with van der Waals surface area (Å²) in [5.41, 5.74) is 1.76. The fourth-order valence-corrected chi connectivity index (χ4v) is 2.43. The maximum absolute atomic E-state index is 11.7. The molecule has 3 rings (SSSR count). The average Bonchev–Trinajstić information content (AvgIpc) is 2.39. The summed E-state index contributed by atoms with van der Waals surface area (Å²) in [7, 11) is 0. The zero-order valence-electron chi connectivity index (χ0n) is 9.35. The van der Waals surface area contributed by atoms with Crippen molar-refractivity contribution in [3.63, 3.8) is 0 Å². The number of benzene rings is 1. The molecule has 0 unspecified atom stereocenters. The Kier molecular flexibility index (Phi) is 2.87.